The Balaban J connectivity index is 2.83. The van der Waals surface area contributed by atoms with Crippen molar-refractivity contribution in [2.24, 2.45) is 0 Å². The lowest BCUT2D eigenvalue weighted by atomic mass is 10.3. The summed E-state index contributed by atoms with van der Waals surface area (Å²) in [6, 6.07) is 2.34. The summed E-state index contributed by atoms with van der Waals surface area (Å²) in [6.45, 7) is 0. The number of pyridine rings is 1. The fourth-order valence-corrected chi connectivity index (χ4v) is 0.669. The van der Waals surface area contributed by atoms with E-state index in [1.54, 1.807) is 0 Å². The second kappa shape index (κ2) is 3.61. The van der Waals surface area contributed by atoms with Crippen molar-refractivity contribution in [3.05, 3.63) is 35.9 Å². The summed E-state index contributed by atoms with van der Waals surface area (Å²) in [5.41, 5.74) is 0.289. The van der Waals surface area contributed by atoms with E-state index < -0.39 is 11.8 Å². The van der Waals surface area contributed by atoms with E-state index in [9.17, 15) is 9.18 Å². The zero-order valence-electron chi connectivity index (χ0n) is 6.07. The maximum absolute atomic E-state index is 12.5. The van der Waals surface area contributed by atoms with Gasteiger partial charge in [0.1, 0.15) is 5.82 Å². The Morgan fingerprint density at radius 3 is 3.00 bits per heavy atom. The van der Waals surface area contributed by atoms with Gasteiger partial charge in [-0.15, -0.1) is 0 Å². The lowest BCUT2D eigenvalue weighted by molar-refractivity contribution is -0.131. The molecule has 1 heterocycles. The Bertz CT molecular complexity index is 323. The van der Waals surface area contributed by atoms with Gasteiger partial charge in [0.25, 0.3) is 0 Å². The van der Waals surface area contributed by atoms with Gasteiger partial charge in [-0.25, -0.2) is 9.18 Å². The lowest BCUT2D eigenvalue weighted by Crippen LogP contribution is -1.87. The van der Waals surface area contributed by atoms with Crippen LogP contribution in [-0.2, 0) is 4.79 Å². The molecule has 1 aromatic heterocycles. The van der Waals surface area contributed by atoms with E-state index in [1.807, 2.05) is 0 Å². The number of rotatable bonds is 2. The van der Waals surface area contributed by atoms with Gasteiger partial charge >= 0.3 is 5.97 Å². The number of nitrogens with zero attached hydrogens (tertiary/aromatic N) is 1. The molecular weight excluding hydrogens is 161 g/mol. The standard InChI is InChI=1S/C8H6FNO2/c9-6-3-4-10-7(5-6)1-2-8(11)12/h1-5H,(H,11,12). The molecule has 0 spiro atoms. The number of carbonyl (C=O) groups is 1. The van der Waals surface area contributed by atoms with Crippen molar-refractivity contribution in [2.75, 3.05) is 0 Å². The summed E-state index contributed by atoms with van der Waals surface area (Å²) in [4.78, 5) is 13.8. The molecule has 1 rings (SSSR count). The van der Waals surface area contributed by atoms with E-state index in [2.05, 4.69) is 4.98 Å². The van der Waals surface area contributed by atoms with Crippen molar-refractivity contribution in [1.82, 2.24) is 4.98 Å². The fourth-order valence-electron chi connectivity index (χ4n) is 0.669. The largest absolute Gasteiger partial charge is 0.478 e. The molecule has 0 bridgehead atoms. The SMILES string of the molecule is O=C(O)C=Cc1cc(F)ccn1. The van der Waals surface area contributed by atoms with E-state index >= 15 is 0 Å². The van der Waals surface area contributed by atoms with Gasteiger partial charge in [0.2, 0.25) is 0 Å². The quantitative estimate of drug-likeness (QED) is 0.676. The van der Waals surface area contributed by atoms with Crippen LogP contribution in [0.5, 0.6) is 0 Å². The Hall–Kier alpha value is -1.71. The third kappa shape index (κ3) is 2.49. The Kier molecular flexibility index (Phi) is 2.53. The number of aliphatic carboxylic acids is 1. The first-order valence-corrected chi connectivity index (χ1v) is 3.21. The van der Waals surface area contributed by atoms with Gasteiger partial charge in [0.15, 0.2) is 0 Å². The van der Waals surface area contributed by atoms with Crippen molar-refractivity contribution in [2.45, 2.75) is 0 Å². The smallest absolute Gasteiger partial charge is 0.328 e. The summed E-state index contributed by atoms with van der Waals surface area (Å²) in [6.07, 6.45) is 3.41. The molecule has 1 N–H and O–H groups in total. The van der Waals surface area contributed by atoms with Gasteiger partial charge in [-0.3, -0.25) is 4.98 Å². The van der Waals surface area contributed by atoms with Gasteiger partial charge < -0.3 is 5.11 Å². The maximum atomic E-state index is 12.5. The molecule has 12 heavy (non-hydrogen) atoms. The third-order valence-corrected chi connectivity index (χ3v) is 1.14. The maximum Gasteiger partial charge on any atom is 0.328 e. The van der Waals surface area contributed by atoms with Crippen LogP contribution in [0.25, 0.3) is 6.08 Å². The predicted octanol–water partition coefficient (Wildman–Crippen LogP) is 1.32. The predicted molar refractivity (Wildman–Crippen MR) is 40.9 cm³/mol. The second-order valence-electron chi connectivity index (χ2n) is 2.07. The van der Waals surface area contributed by atoms with Crippen LogP contribution in [0, 0.1) is 5.82 Å². The van der Waals surface area contributed by atoms with Crippen LogP contribution in [0.15, 0.2) is 24.4 Å². The number of halogens is 1. The Morgan fingerprint density at radius 2 is 2.42 bits per heavy atom. The van der Waals surface area contributed by atoms with E-state index in [0.717, 1.165) is 12.1 Å². The highest BCUT2D eigenvalue weighted by Gasteiger charge is 1.92. The van der Waals surface area contributed by atoms with Gasteiger partial charge in [0.05, 0.1) is 5.69 Å². The van der Waals surface area contributed by atoms with E-state index in [0.29, 0.717) is 0 Å². The first-order valence-electron chi connectivity index (χ1n) is 3.21. The number of carboxylic acid groups (broad SMARTS) is 1. The minimum absolute atomic E-state index is 0.289. The third-order valence-electron chi connectivity index (χ3n) is 1.14. The molecule has 0 radical (unpaired) electrons. The van der Waals surface area contributed by atoms with Crippen molar-refractivity contribution in [3.8, 4) is 0 Å². The zero-order valence-corrected chi connectivity index (χ0v) is 6.07. The minimum atomic E-state index is -1.08. The summed E-state index contributed by atoms with van der Waals surface area (Å²) in [5.74, 6) is -1.52. The minimum Gasteiger partial charge on any atom is -0.478 e. The molecule has 0 fully saturated rings. The van der Waals surface area contributed by atoms with Gasteiger partial charge in [-0.1, -0.05) is 0 Å². The number of hydrogen-bond acceptors (Lipinski definition) is 2. The van der Waals surface area contributed by atoms with E-state index in [4.69, 9.17) is 5.11 Å². The van der Waals surface area contributed by atoms with Crippen LogP contribution in [0.1, 0.15) is 5.69 Å². The zero-order chi connectivity index (χ0) is 8.97. The van der Waals surface area contributed by atoms with Crippen molar-refractivity contribution >= 4 is 12.0 Å². The Labute approximate surface area is 68.2 Å². The summed E-state index contributed by atoms with van der Waals surface area (Å²) in [7, 11) is 0. The lowest BCUT2D eigenvalue weighted by Gasteiger charge is -1.90. The molecule has 0 aliphatic carbocycles. The summed E-state index contributed by atoms with van der Waals surface area (Å²) in [5, 5.41) is 8.24. The van der Waals surface area contributed by atoms with Crippen LogP contribution in [0.3, 0.4) is 0 Å². The molecule has 1 aromatic rings. The summed E-state index contributed by atoms with van der Waals surface area (Å²) >= 11 is 0. The molecule has 0 aliphatic rings. The van der Waals surface area contributed by atoms with E-state index in [1.165, 1.54) is 18.3 Å². The number of hydrogen-bond donors (Lipinski definition) is 1. The monoisotopic (exact) mass is 167 g/mol. The highest BCUT2D eigenvalue weighted by molar-refractivity contribution is 5.84. The fraction of sp³-hybridized carbons (Fsp3) is 0. The van der Waals surface area contributed by atoms with Crippen molar-refractivity contribution in [3.63, 3.8) is 0 Å². The molecule has 0 atom stereocenters. The second-order valence-corrected chi connectivity index (χ2v) is 2.07. The van der Waals surface area contributed by atoms with Crippen LogP contribution in [0.2, 0.25) is 0 Å². The van der Waals surface area contributed by atoms with E-state index in [-0.39, 0.29) is 5.69 Å². The normalized spacial score (nSPS) is 10.4. The van der Waals surface area contributed by atoms with Crippen LogP contribution < -0.4 is 0 Å². The molecule has 4 heteroatoms. The van der Waals surface area contributed by atoms with Gasteiger partial charge in [-0.2, -0.15) is 0 Å². The van der Waals surface area contributed by atoms with Crippen molar-refractivity contribution in [1.29, 1.82) is 0 Å². The first kappa shape index (κ1) is 8.39. The number of aromatic nitrogens is 1. The molecule has 0 amide bonds. The molecule has 0 saturated heterocycles. The highest BCUT2D eigenvalue weighted by atomic mass is 19.1. The molecule has 0 saturated carbocycles. The van der Waals surface area contributed by atoms with Gasteiger partial charge in [0, 0.05) is 12.3 Å². The van der Waals surface area contributed by atoms with Crippen LogP contribution >= 0.6 is 0 Å². The molecule has 62 valence electrons. The molecule has 3 nitrogen and oxygen atoms in total. The topological polar surface area (TPSA) is 50.2 Å². The average Bonchev–Trinajstić information content (AvgIpc) is 2.01. The Morgan fingerprint density at radius 1 is 1.67 bits per heavy atom. The average molecular weight is 167 g/mol. The molecule has 0 unspecified atom stereocenters. The first-order chi connectivity index (χ1) is 5.68. The molecule has 0 aliphatic heterocycles. The van der Waals surface area contributed by atoms with Crippen LogP contribution in [0.4, 0.5) is 4.39 Å². The molecule has 0 aromatic carbocycles. The van der Waals surface area contributed by atoms with Crippen LogP contribution in [-0.4, -0.2) is 16.1 Å². The highest BCUT2D eigenvalue weighted by Crippen LogP contribution is 2.00. The number of carboxylic acids is 1. The summed E-state index contributed by atoms with van der Waals surface area (Å²) < 4.78 is 12.5. The van der Waals surface area contributed by atoms with Gasteiger partial charge in [-0.05, 0) is 18.2 Å². The molecular formula is C8H6FNO2. The van der Waals surface area contributed by atoms with Crippen molar-refractivity contribution < 1.29 is 14.3 Å².